The van der Waals surface area contributed by atoms with Gasteiger partial charge in [0, 0.05) is 10.0 Å². The van der Waals surface area contributed by atoms with Crippen molar-refractivity contribution in [3.8, 4) is 5.75 Å². The highest BCUT2D eigenvalue weighted by molar-refractivity contribution is 9.10. The number of halogens is 4. The molecule has 2 nitrogen and oxygen atoms in total. The van der Waals surface area contributed by atoms with Crippen molar-refractivity contribution in [1.82, 2.24) is 0 Å². The van der Waals surface area contributed by atoms with E-state index in [9.17, 15) is 18.0 Å². The van der Waals surface area contributed by atoms with Gasteiger partial charge in [-0.25, -0.2) is 0 Å². The Morgan fingerprint density at radius 2 is 1.81 bits per heavy atom. The number of benzene rings is 2. The summed E-state index contributed by atoms with van der Waals surface area (Å²) in [5.41, 5.74) is -0.383. The van der Waals surface area contributed by atoms with E-state index in [-0.39, 0.29) is 18.1 Å². The quantitative estimate of drug-likeness (QED) is 0.738. The van der Waals surface area contributed by atoms with Gasteiger partial charge >= 0.3 is 6.18 Å². The fraction of sp³-hybridized carbons (Fsp3) is 0.133. The normalized spacial score (nSPS) is 11.2. The second kappa shape index (κ2) is 6.30. The van der Waals surface area contributed by atoms with Crippen molar-refractivity contribution < 1.29 is 22.7 Å². The number of hydrogen-bond donors (Lipinski definition) is 0. The van der Waals surface area contributed by atoms with Gasteiger partial charge in [-0.2, -0.15) is 13.2 Å². The summed E-state index contributed by atoms with van der Waals surface area (Å²) in [5, 5.41) is 0. The van der Waals surface area contributed by atoms with Crippen molar-refractivity contribution in [2.24, 2.45) is 0 Å². The van der Waals surface area contributed by atoms with Crippen LogP contribution < -0.4 is 4.74 Å². The summed E-state index contributed by atoms with van der Waals surface area (Å²) in [6.07, 6.45) is -4.44. The smallest absolute Gasteiger partial charge is 0.416 e. The van der Waals surface area contributed by atoms with E-state index in [2.05, 4.69) is 15.9 Å². The third-order valence-corrected chi connectivity index (χ3v) is 3.17. The number of hydrogen-bond acceptors (Lipinski definition) is 2. The van der Waals surface area contributed by atoms with E-state index >= 15 is 0 Å². The van der Waals surface area contributed by atoms with Gasteiger partial charge in [-0.05, 0) is 30.3 Å². The minimum Gasteiger partial charge on any atom is -0.485 e. The molecule has 0 fully saturated rings. The van der Waals surface area contributed by atoms with Gasteiger partial charge in [0.25, 0.3) is 0 Å². The van der Waals surface area contributed by atoms with Crippen LogP contribution in [0, 0.1) is 0 Å². The number of ketones is 1. The van der Waals surface area contributed by atoms with Gasteiger partial charge in [0.2, 0.25) is 0 Å². The average Bonchev–Trinajstić information content (AvgIpc) is 2.44. The van der Waals surface area contributed by atoms with Crippen LogP contribution in [0.1, 0.15) is 15.9 Å². The third kappa shape index (κ3) is 4.32. The Kier molecular flexibility index (Phi) is 4.67. The Bertz CT molecular complexity index is 653. The molecule has 6 heteroatoms. The van der Waals surface area contributed by atoms with Gasteiger partial charge in [0.15, 0.2) is 12.4 Å². The Labute approximate surface area is 127 Å². The molecule has 0 spiro atoms. The van der Waals surface area contributed by atoms with Crippen LogP contribution in [0.4, 0.5) is 13.2 Å². The van der Waals surface area contributed by atoms with Crippen LogP contribution in [0.3, 0.4) is 0 Å². The zero-order valence-electron chi connectivity index (χ0n) is 10.7. The first-order chi connectivity index (χ1) is 9.86. The maximum Gasteiger partial charge on any atom is 0.416 e. The third-order valence-electron chi connectivity index (χ3n) is 2.68. The summed E-state index contributed by atoms with van der Waals surface area (Å²) < 4.78 is 43.5. The molecule has 0 saturated carbocycles. The highest BCUT2D eigenvalue weighted by atomic mass is 79.9. The predicted molar refractivity (Wildman–Crippen MR) is 75.4 cm³/mol. The van der Waals surface area contributed by atoms with E-state index in [1.54, 1.807) is 24.3 Å². The van der Waals surface area contributed by atoms with Crippen molar-refractivity contribution >= 4 is 21.7 Å². The lowest BCUT2D eigenvalue weighted by atomic mass is 10.1. The Morgan fingerprint density at radius 3 is 2.48 bits per heavy atom. The van der Waals surface area contributed by atoms with Crippen LogP contribution in [0.25, 0.3) is 0 Å². The molecule has 110 valence electrons. The second-order valence-corrected chi connectivity index (χ2v) is 5.16. The summed E-state index contributed by atoms with van der Waals surface area (Å²) in [5.74, 6) is -0.304. The fourth-order valence-electron chi connectivity index (χ4n) is 1.66. The number of alkyl halides is 3. The first-order valence-corrected chi connectivity index (χ1v) is 6.74. The molecule has 21 heavy (non-hydrogen) atoms. The lowest BCUT2D eigenvalue weighted by Crippen LogP contribution is -2.12. The molecule has 0 aliphatic carbocycles. The number of Topliss-reactive ketones (excluding diaryl/α,β-unsaturated/α-hetero) is 1. The molecule has 0 aliphatic rings. The summed E-state index contributed by atoms with van der Waals surface area (Å²) in [6.45, 7) is -0.322. The summed E-state index contributed by atoms with van der Waals surface area (Å²) in [7, 11) is 0. The topological polar surface area (TPSA) is 26.3 Å². The maximum absolute atomic E-state index is 12.5. The number of carbonyl (C=O) groups excluding carboxylic acids is 1. The predicted octanol–water partition coefficient (Wildman–Crippen LogP) is 4.73. The first kappa shape index (κ1) is 15.6. The van der Waals surface area contributed by atoms with Gasteiger partial charge in [-0.1, -0.05) is 34.1 Å². The molecule has 0 saturated heterocycles. The minimum absolute atomic E-state index is 0.00757. The average molecular weight is 359 g/mol. The van der Waals surface area contributed by atoms with E-state index in [0.29, 0.717) is 5.56 Å². The monoisotopic (exact) mass is 358 g/mol. The van der Waals surface area contributed by atoms with Crippen molar-refractivity contribution in [2.45, 2.75) is 6.18 Å². The fourth-order valence-corrected chi connectivity index (χ4v) is 2.06. The Hall–Kier alpha value is -1.82. The highest BCUT2D eigenvalue weighted by Gasteiger charge is 2.30. The summed E-state index contributed by atoms with van der Waals surface area (Å²) in [6, 6.07) is 11.1. The van der Waals surface area contributed by atoms with Gasteiger partial charge in [-0.15, -0.1) is 0 Å². The molecular formula is C15H10BrF3O2. The van der Waals surface area contributed by atoms with Crippen molar-refractivity contribution in [1.29, 1.82) is 0 Å². The van der Waals surface area contributed by atoms with Crippen LogP contribution in [0.15, 0.2) is 53.0 Å². The van der Waals surface area contributed by atoms with Crippen molar-refractivity contribution in [2.75, 3.05) is 6.61 Å². The lowest BCUT2D eigenvalue weighted by molar-refractivity contribution is -0.137. The highest BCUT2D eigenvalue weighted by Crippen LogP contribution is 2.31. The minimum atomic E-state index is -4.44. The molecular weight excluding hydrogens is 349 g/mol. The molecule has 0 unspecified atom stereocenters. The lowest BCUT2D eigenvalue weighted by Gasteiger charge is -2.10. The summed E-state index contributed by atoms with van der Waals surface area (Å²) in [4.78, 5) is 11.9. The van der Waals surface area contributed by atoms with Gasteiger partial charge in [0.05, 0.1) is 5.56 Å². The molecule has 0 bridgehead atoms. The summed E-state index contributed by atoms with van der Waals surface area (Å²) >= 11 is 3.24. The molecule has 0 N–H and O–H groups in total. The molecule has 0 atom stereocenters. The van der Waals surface area contributed by atoms with E-state index in [0.717, 1.165) is 16.6 Å². The van der Waals surface area contributed by atoms with E-state index in [4.69, 9.17) is 4.74 Å². The Balaban J connectivity index is 2.05. The number of rotatable bonds is 4. The van der Waals surface area contributed by atoms with Gasteiger partial charge in [-0.3, -0.25) is 4.79 Å². The van der Waals surface area contributed by atoms with Crippen LogP contribution in [-0.2, 0) is 6.18 Å². The molecule has 2 aromatic carbocycles. The van der Waals surface area contributed by atoms with Crippen LogP contribution in [-0.4, -0.2) is 12.4 Å². The van der Waals surface area contributed by atoms with Crippen LogP contribution in [0.2, 0.25) is 0 Å². The van der Waals surface area contributed by atoms with E-state index in [1.165, 1.54) is 12.1 Å². The molecule has 0 amide bonds. The second-order valence-electron chi connectivity index (χ2n) is 4.25. The van der Waals surface area contributed by atoms with Crippen LogP contribution in [0.5, 0.6) is 5.75 Å². The molecule has 2 aromatic rings. The zero-order valence-corrected chi connectivity index (χ0v) is 12.2. The van der Waals surface area contributed by atoms with Gasteiger partial charge in [0.1, 0.15) is 5.75 Å². The number of carbonyl (C=O) groups is 1. The standard InChI is InChI=1S/C15H10BrF3O2/c16-12-5-1-3-10(7-12)14(20)9-21-13-6-2-4-11(8-13)15(17,18)19/h1-8H,9H2. The Morgan fingerprint density at radius 1 is 1.10 bits per heavy atom. The molecule has 0 heterocycles. The SMILES string of the molecule is O=C(COc1cccc(C(F)(F)F)c1)c1cccc(Br)c1. The van der Waals surface area contributed by atoms with Crippen LogP contribution >= 0.6 is 15.9 Å². The first-order valence-electron chi connectivity index (χ1n) is 5.95. The maximum atomic E-state index is 12.5. The van der Waals surface area contributed by atoms with E-state index in [1.807, 2.05) is 0 Å². The largest absolute Gasteiger partial charge is 0.485 e. The number of ether oxygens (including phenoxy) is 1. The molecule has 0 aromatic heterocycles. The zero-order chi connectivity index (χ0) is 15.5. The van der Waals surface area contributed by atoms with Crippen molar-refractivity contribution in [3.63, 3.8) is 0 Å². The van der Waals surface area contributed by atoms with Gasteiger partial charge < -0.3 is 4.74 Å². The van der Waals surface area contributed by atoms with E-state index < -0.39 is 11.7 Å². The molecule has 0 aliphatic heterocycles. The molecule has 0 radical (unpaired) electrons. The molecule has 2 rings (SSSR count). The van der Waals surface area contributed by atoms with Crippen molar-refractivity contribution in [3.05, 3.63) is 64.1 Å².